The fourth-order valence-electron chi connectivity index (χ4n) is 3.90. The van der Waals surface area contributed by atoms with Crippen molar-refractivity contribution in [2.75, 3.05) is 24.1 Å². The Labute approximate surface area is 182 Å². The number of benzene rings is 1. The summed E-state index contributed by atoms with van der Waals surface area (Å²) in [4.78, 5) is 18.4. The van der Waals surface area contributed by atoms with Gasteiger partial charge in [-0.25, -0.2) is 9.29 Å². The first kappa shape index (κ1) is 20.8. The lowest BCUT2D eigenvalue weighted by Gasteiger charge is -2.25. The van der Waals surface area contributed by atoms with E-state index in [0.717, 1.165) is 24.2 Å². The van der Waals surface area contributed by atoms with Crippen molar-refractivity contribution in [2.24, 2.45) is 0 Å². The van der Waals surface area contributed by atoms with Crippen LogP contribution in [0.1, 0.15) is 43.4 Å². The van der Waals surface area contributed by atoms with Crippen molar-refractivity contribution in [3.05, 3.63) is 47.7 Å². The average Bonchev–Trinajstić information content (AvgIpc) is 3.07. The van der Waals surface area contributed by atoms with Gasteiger partial charge in [0.1, 0.15) is 17.7 Å². The number of fused-ring (bicyclic) bond motifs is 1. The number of nitrogens with zero attached hydrogens (tertiary/aromatic N) is 3. The summed E-state index contributed by atoms with van der Waals surface area (Å²) in [5.41, 5.74) is 8.90. The molecule has 0 radical (unpaired) electrons. The highest BCUT2D eigenvalue weighted by molar-refractivity contribution is 7.97. The summed E-state index contributed by atoms with van der Waals surface area (Å²) in [5, 5.41) is 4.12. The summed E-state index contributed by atoms with van der Waals surface area (Å²) < 4.78 is 4.49. The van der Waals surface area contributed by atoms with Gasteiger partial charge in [0, 0.05) is 35.1 Å². The molecule has 1 saturated heterocycles. The van der Waals surface area contributed by atoms with Crippen LogP contribution in [0.25, 0.3) is 10.9 Å². The lowest BCUT2D eigenvalue weighted by atomic mass is 10.2. The first-order chi connectivity index (χ1) is 14.4. The number of carbonyl (C=O) groups is 1. The topological polar surface area (TPSA) is 76.2 Å². The van der Waals surface area contributed by atoms with Gasteiger partial charge in [-0.2, -0.15) is 0 Å². The van der Waals surface area contributed by atoms with Gasteiger partial charge < -0.3 is 15.6 Å². The van der Waals surface area contributed by atoms with Crippen LogP contribution in [-0.2, 0) is 4.79 Å². The highest BCUT2D eigenvalue weighted by atomic mass is 32.2. The van der Waals surface area contributed by atoms with E-state index in [9.17, 15) is 4.79 Å². The maximum Gasteiger partial charge on any atom is 0.248 e. The standard InChI is InChI=1S/C23H29N5OS/c1-15-7-10-21(24)25-22(15)26-23(29)17(3)28-14-16(2)19-13-18(8-9-20(19)28)30-27-11-5-4-6-12-27/h7-10,13-14,17H,4-6,11-12H2,1-3H3,(H3,24,25,26,29). The number of hydrogen-bond acceptors (Lipinski definition) is 5. The molecule has 1 fully saturated rings. The van der Waals surface area contributed by atoms with E-state index in [0.29, 0.717) is 11.6 Å². The molecule has 2 aromatic heterocycles. The molecule has 7 heteroatoms. The zero-order chi connectivity index (χ0) is 21.3. The normalized spacial score (nSPS) is 16.0. The second-order valence-electron chi connectivity index (χ2n) is 8.05. The van der Waals surface area contributed by atoms with Crippen molar-refractivity contribution >= 4 is 40.4 Å². The Balaban J connectivity index is 1.55. The molecular weight excluding hydrogens is 394 g/mol. The van der Waals surface area contributed by atoms with Crippen LogP contribution in [0.5, 0.6) is 0 Å². The monoisotopic (exact) mass is 423 g/mol. The van der Waals surface area contributed by atoms with E-state index in [2.05, 4.69) is 45.9 Å². The summed E-state index contributed by atoms with van der Waals surface area (Å²) in [6.07, 6.45) is 5.95. The molecule has 1 amide bonds. The van der Waals surface area contributed by atoms with Gasteiger partial charge in [-0.1, -0.05) is 12.5 Å². The lowest BCUT2D eigenvalue weighted by molar-refractivity contribution is -0.118. The maximum atomic E-state index is 12.9. The number of hydrogen-bond donors (Lipinski definition) is 2. The van der Waals surface area contributed by atoms with Crippen LogP contribution in [0, 0.1) is 13.8 Å². The van der Waals surface area contributed by atoms with Crippen LogP contribution in [0.3, 0.4) is 0 Å². The third-order valence-corrected chi connectivity index (χ3v) is 6.80. The third-order valence-electron chi connectivity index (χ3n) is 5.71. The third kappa shape index (κ3) is 4.32. The molecule has 30 heavy (non-hydrogen) atoms. The molecule has 1 unspecified atom stereocenters. The Kier molecular flexibility index (Phi) is 6.01. The summed E-state index contributed by atoms with van der Waals surface area (Å²) in [7, 11) is 0. The number of amides is 1. The van der Waals surface area contributed by atoms with E-state index in [1.165, 1.54) is 35.1 Å². The molecule has 6 nitrogen and oxygen atoms in total. The molecule has 0 aliphatic carbocycles. The molecular formula is C23H29N5OS. The van der Waals surface area contributed by atoms with E-state index in [1.807, 2.05) is 36.4 Å². The highest BCUT2D eigenvalue weighted by Crippen LogP contribution is 2.32. The van der Waals surface area contributed by atoms with Gasteiger partial charge in [0.2, 0.25) is 5.91 Å². The van der Waals surface area contributed by atoms with Crippen molar-refractivity contribution in [3.8, 4) is 0 Å². The highest BCUT2D eigenvalue weighted by Gasteiger charge is 2.20. The van der Waals surface area contributed by atoms with E-state index in [1.54, 1.807) is 6.07 Å². The number of rotatable bonds is 5. The van der Waals surface area contributed by atoms with Gasteiger partial charge in [-0.15, -0.1) is 0 Å². The molecule has 158 valence electrons. The second kappa shape index (κ2) is 8.70. The number of carbonyl (C=O) groups excluding carboxylic acids is 1. The number of pyridine rings is 1. The van der Waals surface area contributed by atoms with Gasteiger partial charge in [-0.3, -0.25) is 4.79 Å². The Morgan fingerprint density at radius 2 is 1.90 bits per heavy atom. The van der Waals surface area contributed by atoms with Gasteiger partial charge in [0.05, 0.1) is 0 Å². The van der Waals surface area contributed by atoms with Gasteiger partial charge in [-0.05, 0) is 81.0 Å². The lowest BCUT2D eigenvalue weighted by Crippen LogP contribution is -2.24. The minimum atomic E-state index is -0.371. The first-order valence-electron chi connectivity index (χ1n) is 10.5. The zero-order valence-electron chi connectivity index (χ0n) is 17.8. The molecule has 1 aliphatic rings. The molecule has 1 aliphatic heterocycles. The minimum absolute atomic E-state index is 0.111. The molecule has 0 spiro atoms. The summed E-state index contributed by atoms with van der Waals surface area (Å²) in [6.45, 7) is 8.22. The van der Waals surface area contributed by atoms with Crippen molar-refractivity contribution in [1.82, 2.24) is 13.9 Å². The Bertz CT molecular complexity index is 1070. The Hall–Kier alpha value is -2.51. The fourth-order valence-corrected chi connectivity index (χ4v) is 4.94. The first-order valence-corrected chi connectivity index (χ1v) is 11.3. The molecule has 1 atom stereocenters. The number of nitrogens with one attached hydrogen (secondary N) is 1. The van der Waals surface area contributed by atoms with Crippen molar-refractivity contribution < 1.29 is 4.79 Å². The number of aromatic nitrogens is 2. The number of aryl methyl sites for hydroxylation is 2. The fraction of sp³-hybridized carbons (Fsp3) is 0.391. The predicted molar refractivity (Wildman–Crippen MR) is 125 cm³/mol. The Morgan fingerprint density at radius 3 is 2.67 bits per heavy atom. The number of nitrogens with two attached hydrogens (primary N) is 1. The number of nitrogen functional groups attached to an aromatic ring is 1. The van der Waals surface area contributed by atoms with E-state index in [4.69, 9.17) is 5.73 Å². The average molecular weight is 424 g/mol. The van der Waals surface area contributed by atoms with Crippen LogP contribution in [0.15, 0.2) is 41.4 Å². The summed E-state index contributed by atoms with van der Waals surface area (Å²) in [6, 6.07) is 9.75. The van der Waals surface area contributed by atoms with Crippen molar-refractivity contribution in [3.63, 3.8) is 0 Å². The molecule has 3 aromatic rings. The summed E-state index contributed by atoms with van der Waals surface area (Å²) >= 11 is 1.84. The molecule has 4 rings (SSSR count). The zero-order valence-corrected chi connectivity index (χ0v) is 18.6. The summed E-state index contributed by atoms with van der Waals surface area (Å²) in [5.74, 6) is 0.796. The number of piperidine rings is 1. The minimum Gasteiger partial charge on any atom is -0.384 e. The molecule has 1 aromatic carbocycles. The van der Waals surface area contributed by atoms with Gasteiger partial charge >= 0.3 is 0 Å². The van der Waals surface area contributed by atoms with Gasteiger partial charge in [0.15, 0.2) is 0 Å². The predicted octanol–water partition coefficient (Wildman–Crippen LogP) is 4.93. The van der Waals surface area contributed by atoms with E-state index >= 15 is 0 Å². The SMILES string of the molecule is Cc1ccc(N)nc1NC(=O)C(C)n1cc(C)c2cc(SN3CCCCC3)ccc21. The van der Waals surface area contributed by atoms with Crippen LogP contribution in [0.4, 0.5) is 11.6 Å². The van der Waals surface area contributed by atoms with Crippen LogP contribution >= 0.6 is 11.9 Å². The Morgan fingerprint density at radius 1 is 1.13 bits per heavy atom. The molecule has 3 N–H and O–H groups in total. The molecule has 0 bridgehead atoms. The second-order valence-corrected chi connectivity index (χ2v) is 9.22. The molecule has 0 saturated carbocycles. The van der Waals surface area contributed by atoms with E-state index < -0.39 is 0 Å². The number of anilines is 2. The van der Waals surface area contributed by atoms with Crippen molar-refractivity contribution in [2.45, 2.75) is 51.0 Å². The van der Waals surface area contributed by atoms with E-state index in [-0.39, 0.29) is 11.9 Å². The smallest absolute Gasteiger partial charge is 0.248 e. The molecule has 3 heterocycles. The van der Waals surface area contributed by atoms with Crippen molar-refractivity contribution in [1.29, 1.82) is 0 Å². The maximum absolute atomic E-state index is 12.9. The van der Waals surface area contributed by atoms with Crippen LogP contribution in [-0.4, -0.2) is 32.9 Å². The largest absolute Gasteiger partial charge is 0.384 e. The van der Waals surface area contributed by atoms with Crippen LogP contribution < -0.4 is 11.1 Å². The van der Waals surface area contributed by atoms with Crippen LogP contribution in [0.2, 0.25) is 0 Å². The van der Waals surface area contributed by atoms with Gasteiger partial charge in [0.25, 0.3) is 0 Å². The quantitative estimate of drug-likeness (QED) is 0.569.